The van der Waals surface area contributed by atoms with E-state index in [9.17, 15) is 9.18 Å². The molecule has 4 aromatic rings. The van der Waals surface area contributed by atoms with E-state index in [-0.39, 0.29) is 40.4 Å². The van der Waals surface area contributed by atoms with Gasteiger partial charge in [0.25, 0.3) is 5.91 Å². The Labute approximate surface area is 282 Å². The molecule has 1 saturated carbocycles. The molecule has 0 radical (unpaired) electrons. The van der Waals surface area contributed by atoms with Crippen LogP contribution in [0.15, 0.2) is 73.1 Å². The third kappa shape index (κ3) is 6.59. The molecule has 1 unspecified atom stereocenters. The number of carbonyl (C=O) groups excluding carboxylic acids is 1. The molecule has 1 aliphatic heterocycles. The van der Waals surface area contributed by atoms with Crippen LogP contribution in [0.25, 0.3) is 22.3 Å². The zero-order valence-corrected chi connectivity index (χ0v) is 28.1. The number of rotatable bonds is 8. The number of anilines is 1. The Hall–Kier alpha value is -4.18. The number of ether oxygens (including phenoxy) is 1. The van der Waals surface area contributed by atoms with Gasteiger partial charge in [-0.25, -0.2) is 9.97 Å². The Balaban J connectivity index is 0.984. The second-order valence-electron chi connectivity index (χ2n) is 14.3. The molecule has 3 heterocycles. The molecular weight excluding hydrogens is 603 g/mol. The summed E-state index contributed by atoms with van der Waals surface area (Å²) in [6.07, 6.45) is 6.50. The molecule has 48 heavy (non-hydrogen) atoms. The quantitative estimate of drug-likeness (QED) is 0.215. The fourth-order valence-electron chi connectivity index (χ4n) is 7.71. The van der Waals surface area contributed by atoms with E-state index in [2.05, 4.69) is 88.4 Å². The predicted octanol–water partition coefficient (Wildman–Crippen LogP) is 6.37. The number of carbonyl (C=O) groups is 1. The lowest BCUT2D eigenvalue weighted by atomic mass is 9.85. The number of likely N-dealkylation sites (N-methyl/N-ethyl adjacent to an activating group) is 1. The minimum Gasteiger partial charge on any atom is -0.383 e. The van der Waals surface area contributed by atoms with E-state index in [4.69, 9.17) is 10.5 Å². The number of aromatic nitrogens is 2. The van der Waals surface area contributed by atoms with Crippen molar-refractivity contribution < 1.29 is 13.9 Å². The summed E-state index contributed by atoms with van der Waals surface area (Å²) in [7, 11) is 2.21. The van der Waals surface area contributed by atoms with Crippen LogP contribution in [-0.4, -0.2) is 71.0 Å². The molecule has 2 aliphatic carbocycles. The number of nitrogen functional groups attached to an aromatic ring is 1. The maximum atomic E-state index is 14.3. The number of hydrogen-bond acceptors (Lipinski definition) is 7. The number of piperazine rings is 1. The lowest BCUT2D eigenvalue weighted by molar-refractivity contribution is 0.0272. The van der Waals surface area contributed by atoms with Crippen LogP contribution < -0.4 is 11.1 Å². The summed E-state index contributed by atoms with van der Waals surface area (Å²) in [5, 5.41) is 3.10. The van der Waals surface area contributed by atoms with Gasteiger partial charge in [-0.3, -0.25) is 9.69 Å². The number of pyridine rings is 2. The van der Waals surface area contributed by atoms with Crippen LogP contribution in [0.2, 0.25) is 0 Å². The smallest absolute Gasteiger partial charge is 0.255 e. The Morgan fingerprint density at radius 2 is 1.77 bits per heavy atom. The molecule has 1 saturated heterocycles. The molecule has 0 spiro atoms. The van der Waals surface area contributed by atoms with Crippen molar-refractivity contribution in [1.29, 1.82) is 0 Å². The summed E-state index contributed by atoms with van der Waals surface area (Å²) >= 11 is 0. The van der Waals surface area contributed by atoms with Crippen molar-refractivity contribution in [2.75, 3.05) is 39.0 Å². The van der Waals surface area contributed by atoms with Gasteiger partial charge in [0.2, 0.25) is 5.95 Å². The van der Waals surface area contributed by atoms with Gasteiger partial charge in [-0.1, -0.05) is 56.3 Å². The number of fused-ring (bicyclic) bond motifs is 1. The summed E-state index contributed by atoms with van der Waals surface area (Å²) in [4.78, 5) is 26.3. The first-order valence-electron chi connectivity index (χ1n) is 17.1. The molecular formula is C39H45FN6O2. The maximum Gasteiger partial charge on any atom is 0.255 e. The normalized spacial score (nSPS) is 22.5. The fourth-order valence-corrected chi connectivity index (χ4v) is 7.71. The summed E-state index contributed by atoms with van der Waals surface area (Å²) in [5.41, 5.74) is 13.6. The Morgan fingerprint density at radius 1 is 1.00 bits per heavy atom. The number of halogens is 1. The number of hydrogen-bond donors (Lipinski definition) is 2. The largest absolute Gasteiger partial charge is 0.383 e. The van der Waals surface area contributed by atoms with Gasteiger partial charge in [-0.05, 0) is 84.2 Å². The standard InChI is InChI=1S/C39H45FN6O2/c1-39(2)22-34(46-18-16-45(3)17-19-46)30-14-13-27(21-32(30)39)26-11-9-25(10-12-26)24-48-35-8-4-7-33(35)44-38(47)31-20-28(23-43-37(31)41)29-6-5-15-42-36(29)40/h5-6,9-15,20-21,23,33-35H,4,7-8,16-19,22,24H2,1-3H3,(H2,41,43)(H,44,47)/t33-,34?,35-/m0/s1. The molecule has 8 nitrogen and oxygen atoms in total. The molecule has 0 bridgehead atoms. The van der Waals surface area contributed by atoms with Gasteiger partial charge in [0.15, 0.2) is 0 Å². The molecule has 9 heteroatoms. The molecule has 3 aliphatic rings. The summed E-state index contributed by atoms with van der Waals surface area (Å²) < 4.78 is 20.6. The van der Waals surface area contributed by atoms with E-state index in [1.54, 1.807) is 18.2 Å². The van der Waals surface area contributed by atoms with Gasteiger partial charge in [0, 0.05) is 55.7 Å². The van der Waals surface area contributed by atoms with Crippen molar-refractivity contribution >= 4 is 11.7 Å². The van der Waals surface area contributed by atoms with Gasteiger partial charge < -0.3 is 20.7 Å². The van der Waals surface area contributed by atoms with Crippen molar-refractivity contribution in [3.63, 3.8) is 0 Å². The van der Waals surface area contributed by atoms with Crippen LogP contribution in [-0.2, 0) is 16.8 Å². The van der Waals surface area contributed by atoms with Gasteiger partial charge in [0.1, 0.15) is 5.82 Å². The van der Waals surface area contributed by atoms with E-state index < -0.39 is 5.95 Å². The van der Waals surface area contributed by atoms with Gasteiger partial charge in [0.05, 0.1) is 24.3 Å². The highest BCUT2D eigenvalue weighted by Crippen LogP contribution is 2.48. The van der Waals surface area contributed by atoms with Crippen molar-refractivity contribution in [3.8, 4) is 22.3 Å². The maximum absolute atomic E-state index is 14.3. The summed E-state index contributed by atoms with van der Waals surface area (Å²) in [6.45, 7) is 9.76. The zero-order chi connectivity index (χ0) is 33.4. The summed E-state index contributed by atoms with van der Waals surface area (Å²) in [5.74, 6) is -0.875. The number of benzene rings is 2. The van der Waals surface area contributed by atoms with E-state index in [0.717, 1.165) is 57.4 Å². The fraction of sp³-hybridized carbons (Fsp3) is 0.410. The van der Waals surface area contributed by atoms with Crippen LogP contribution in [0.3, 0.4) is 0 Å². The monoisotopic (exact) mass is 648 g/mol. The van der Waals surface area contributed by atoms with Crippen LogP contribution in [0, 0.1) is 5.95 Å². The third-order valence-electron chi connectivity index (χ3n) is 10.6. The topological polar surface area (TPSA) is 96.6 Å². The van der Waals surface area contributed by atoms with Gasteiger partial charge in [-0.15, -0.1) is 0 Å². The first kappa shape index (κ1) is 32.4. The van der Waals surface area contributed by atoms with Crippen LogP contribution in [0.4, 0.5) is 10.2 Å². The van der Waals surface area contributed by atoms with E-state index in [1.165, 1.54) is 34.6 Å². The van der Waals surface area contributed by atoms with Crippen LogP contribution in [0.1, 0.15) is 72.6 Å². The third-order valence-corrected chi connectivity index (χ3v) is 10.6. The summed E-state index contributed by atoms with van der Waals surface area (Å²) in [6, 6.07) is 20.8. The molecule has 3 atom stereocenters. The average Bonchev–Trinajstić information content (AvgIpc) is 3.65. The SMILES string of the molecule is CN1CCN(C2CC(C)(C)c3cc(-c4ccc(CO[C@H]5CCC[C@@H]5NC(=O)c5cc(-c6cccnc6F)cnc5N)cc4)ccc32)CC1. The highest BCUT2D eigenvalue weighted by Gasteiger charge is 2.40. The zero-order valence-electron chi connectivity index (χ0n) is 28.1. The number of nitrogens with two attached hydrogens (primary N) is 1. The van der Waals surface area contributed by atoms with Gasteiger partial charge >= 0.3 is 0 Å². The average molecular weight is 649 g/mol. The lowest BCUT2D eigenvalue weighted by Gasteiger charge is -2.37. The van der Waals surface area contributed by atoms with E-state index in [1.807, 2.05) is 0 Å². The molecule has 2 fully saturated rings. The van der Waals surface area contributed by atoms with Crippen LogP contribution in [0.5, 0.6) is 0 Å². The second-order valence-corrected chi connectivity index (χ2v) is 14.3. The van der Waals surface area contributed by atoms with Crippen molar-refractivity contribution in [2.45, 2.75) is 69.7 Å². The highest BCUT2D eigenvalue weighted by atomic mass is 19.1. The molecule has 2 aromatic heterocycles. The lowest BCUT2D eigenvalue weighted by Crippen LogP contribution is -2.45. The second kappa shape index (κ2) is 13.4. The number of amides is 1. The Bertz CT molecular complexity index is 1790. The molecule has 7 rings (SSSR count). The molecule has 1 amide bonds. The Kier molecular flexibility index (Phi) is 9.02. The van der Waals surface area contributed by atoms with Crippen molar-refractivity contribution in [1.82, 2.24) is 25.1 Å². The minimum absolute atomic E-state index is 0.0953. The van der Waals surface area contributed by atoms with E-state index >= 15 is 0 Å². The first-order chi connectivity index (χ1) is 23.2. The Morgan fingerprint density at radius 3 is 2.54 bits per heavy atom. The first-order valence-corrected chi connectivity index (χ1v) is 17.1. The minimum atomic E-state index is -0.626. The van der Waals surface area contributed by atoms with Crippen molar-refractivity contribution in [2.24, 2.45) is 0 Å². The highest BCUT2D eigenvalue weighted by molar-refractivity contribution is 5.99. The predicted molar refractivity (Wildman–Crippen MR) is 187 cm³/mol. The van der Waals surface area contributed by atoms with Crippen LogP contribution >= 0.6 is 0 Å². The van der Waals surface area contributed by atoms with Crippen molar-refractivity contribution in [3.05, 3.63) is 101 Å². The number of nitrogens with one attached hydrogen (secondary N) is 1. The molecule has 2 aromatic carbocycles. The van der Waals surface area contributed by atoms with E-state index in [0.29, 0.717) is 18.2 Å². The number of nitrogens with zero attached hydrogens (tertiary/aromatic N) is 4. The molecule has 250 valence electrons. The molecule has 3 N–H and O–H groups in total. The van der Waals surface area contributed by atoms with Gasteiger partial charge in [-0.2, -0.15) is 4.39 Å².